The molecule has 0 spiro atoms. The normalized spacial score (nSPS) is 19.7. The zero-order valence-electron chi connectivity index (χ0n) is 14.9. The highest BCUT2D eigenvalue weighted by Crippen LogP contribution is 2.34. The summed E-state index contributed by atoms with van der Waals surface area (Å²) in [5.74, 6) is 0.891. The van der Waals surface area contributed by atoms with Crippen molar-refractivity contribution in [3.05, 3.63) is 122 Å². The molecule has 29 heavy (non-hydrogen) atoms. The van der Waals surface area contributed by atoms with Gasteiger partial charge in [0.25, 0.3) is 11.5 Å². The average molecular weight is 398 g/mol. The average Bonchev–Trinajstić information content (AvgIpc) is 2.80. The zero-order chi connectivity index (χ0) is 20.1. The SMILES string of the molecule is C=CC1=C(C2=C(OC3=C(C4=C(C=C)OC=CO4)OC=CO3)OC=CO2)OC=CO1. The number of rotatable bonds is 6. The van der Waals surface area contributed by atoms with E-state index in [1.54, 1.807) is 0 Å². The molecule has 0 saturated carbocycles. The first-order valence-corrected chi connectivity index (χ1v) is 8.15. The van der Waals surface area contributed by atoms with Crippen LogP contribution in [-0.2, 0) is 42.6 Å². The molecule has 9 nitrogen and oxygen atoms in total. The van der Waals surface area contributed by atoms with Gasteiger partial charge in [0.1, 0.15) is 50.1 Å². The maximum absolute atomic E-state index is 5.76. The van der Waals surface area contributed by atoms with Crippen molar-refractivity contribution in [3.63, 3.8) is 0 Å². The van der Waals surface area contributed by atoms with Gasteiger partial charge in [-0.3, -0.25) is 0 Å². The molecule has 0 N–H and O–H groups in total. The van der Waals surface area contributed by atoms with E-state index in [0.717, 1.165) is 0 Å². The van der Waals surface area contributed by atoms with Crippen molar-refractivity contribution in [2.24, 2.45) is 0 Å². The number of ether oxygens (including phenoxy) is 9. The van der Waals surface area contributed by atoms with Gasteiger partial charge >= 0.3 is 11.9 Å². The Balaban J connectivity index is 1.73. The van der Waals surface area contributed by atoms with Crippen LogP contribution in [0.25, 0.3) is 0 Å². The lowest BCUT2D eigenvalue weighted by Gasteiger charge is -2.23. The molecule has 0 amide bonds. The molecule has 0 radical (unpaired) electrons. The largest absolute Gasteiger partial charge is 0.458 e. The smallest absolute Gasteiger partial charge is 0.341 e. The Bertz CT molecular complexity index is 892. The van der Waals surface area contributed by atoms with Crippen LogP contribution in [0.1, 0.15) is 0 Å². The third-order valence-electron chi connectivity index (χ3n) is 3.49. The van der Waals surface area contributed by atoms with Crippen molar-refractivity contribution in [2.45, 2.75) is 0 Å². The van der Waals surface area contributed by atoms with Gasteiger partial charge in [0.2, 0.25) is 11.5 Å². The van der Waals surface area contributed by atoms with E-state index in [9.17, 15) is 0 Å². The fourth-order valence-corrected chi connectivity index (χ4v) is 2.32. The molecular weight excluding hydrogens is 384 g/mol. The van der Waals surface area contributed by atoms with Crippen LogP contribution in [0.3, 0.4) is 0 Å². The first-order valence-electron chi connectivity index (χ1n) is 8.15. The van der Waals surface area contributed by atoms with Gasteiger partial charge in [0.15, 0.2) is 11.5 Å². The molecule has 0 unspecified atom stereocenters. The predicted molar refractivity (Wildman–Crippen MR) is 94.8 cm³/mol. The highest BCUT2D eigenvalue weighted by atomic mass is 16.8. The predicted octanol–water partition coefficient (Wildman–Crippen LogP) is 4.21. The lowest BCUT2D eigenvalue weighted by atomic mass is 10.3. The maximum atomic E-state index is 5.76. The van der Waals surface area contributed by atoms with Crippen LogP contribution in [-0.4, -0.2) is 0 Å². The fraction of sp³-hybridized carbons (Fsp3) is 0. The highest BCUT2D eigenvalue weighted by molar-refractivity contribution is 5.35. The Morgan fingerprint density at radius 2 is 0.828 bits per heavy atom. The van der Waals surface area contributed by atoms with Gasteiger partial charge in [-0.2, -0.15) is 0 Å². The molecule has 0 aromatic rings. The van der Waals surface area contributed by atoms with Crippen LogP contribution in [0.4, 0.5) is 0 Å². The second-order valence-corrected chi connectivity index (χ2v) is 5.16. The van der Waals surface area contributed by atoms with Crippen molar-refractivity contribution < 1.29 is 42.6 Å². The minimum absolute atomic E-state index is 0.0791. The second-order valence-electron chi connectivity index (χ2n) is 5.16. The van der Waals surface area contributed by atoms with E-state index >= 15 is 0 Å². The summed E-state index contributed by atoms with van der Waals surface area (Å²) in [6, 6.07) is 0. The summed E-state index contributed by atoms with van der Waals surface area (Å²) in [5.41, 5.74) is 0. The lowest BCUT2D eigenvalue weighted by molar-refractivity contribution is 0.00398. The summed E-state index contributed by atoms with van der Waals surface area (Å²) in [7, 11) is 0. The number of hydrogen-bond donors (Lipinski definition) is 0. The Morgan fingerprint density at radius 3 is 1.24 bits per heavy atom. The lowest BCUT2D eigenvalue weighted by Crippen LogP contribution is -2.15. The van der Waals surface area contributed by atoms with E-state index in [4.69, 9.17) is 42.6 Å². The first-order chi connectivity index (χ1) is 14.3. The fourth-order valence-electron chi connectivity index (χ4n) is 2.32. The molecule has 0 atom stereocenters. The molecule has 0 aromatic carbocycles. The Hall–Kier alpha value is -4.40. The third-order valence-corrected chi connectivity index (χ3v) is 3.49. The summed E-state index contributed by atoms with van der Waals surface area (Å²) in [6.45, 7) is 7.34. The van der Waals surface area contributed by atoms with E-state index in [-0.39, 0.29) is 34.9 Å². The van der Waals surface area contributed by atoms with E-state index in [1.807, 2.05) is 0 Å². The van der Waals surface area contributed by atoms with E-state index < -0.39 is 0 Å². The molecule has 148 valence electrons. The molecule has 0 bridgehead atoms. The molecule has 0 aromatic heterocycles. The molecule has 0 fully saturated rings. The van der Waals surface area contributed by atoms with Gasteiger partial charge in [-0.1, -0.05) is 13.2 Å². The highest BCUT2D eigenvalue weighted by Gasteiger charge is 2.31. The Morgan fingerprint density at radius 1 is 0.483 bits per heavy atom. The van der Waals surface area contributed by atoms with Gasteiger partial charge in [0.05, 0.1) is 0 Å². The standard InChI is InChI=1S/C20H14O9/c1-3-13-15(23-7-5-21-13)17-19(27-11-9-25-17)29-20-18(26-10-12-28-20)16-14(4-2)22-6-8-24-16/h3-12H,1-2H2. The van der Waals surface area contributed by atoms with Crippen molar-refractivity contribution in [3.8, 4) is 0 Å². The van der Waals surface area contributed by atoms with Crippen molar-refractivity contribution in [2.75, 3.05) is 0 Å². The molecular formula is C20H14O9. The molecule has 0 aliphatic carbocycles. The van der Waals surface area contributed by atoms with Crippen LogP contribution < -0.4 is 0 Å². The van der Waals surface area contributed by atoms with Crippen LogP contribution in [0.2, 0.25) is 0 Å². The Kier molecular flexibility index (Phi) is 5.02. The molecule has 4 heterocycles. The molecule has 4 rings (SSSR count). The van der Waals surface area contributed by atoms with Crippen LogP contribution in [0.15, 0.2) is 122 Å². The Labute approximate surface area is 165 Å². The van der Waals surface area contributed by atoms with Gasteiger partial charge in [-0.25, -0.2) is 0 Å². The summed E-state index contributed by atoms with van der Waals surface area (Å²) >= 11 is 0. The van der Waals surface area contributed by atoms with Gasteiger partial charge in [0, 0.05) is 0 Å². The number of hydrogen-bond acceptors (Lipinski definition) is 9. The van der Waals surface area contributed by atoms with Gasteiger partial charge in [-0.05, 0) is 12.2 Å². The molecule has 4 aliphatic rings. The molecule has 9 heteroatoms. The molecule has 4 aliphatic heterocycles. The van der Waals surface area contributed by atoms with Gasteiger partial charge in [-0.15, -0.1) is 0 Å². The second kappa shape index (κ2) is 8.09. The minimum atomic E-state index is -0.111. The summed E-state index contributed by atoms with van der Waals surface area (Å²) < 4.78 is 49.2. The van der Waals surface area contributed by atoms with E-state index in [1.165, 1.54) is 62.2 Å². The van der Waals surface area contributed by atoms with Gasteiger partial charge < -0.3 is 42.6 Å². The zero-order valence-corrected chi connectivity index (χ0v) is 14.9. The number of allylic oxidation sites excluding steroid dienone is 2. The first kappa shape index (κ1) is 18.0. The summed E-state index contributed by atoms with van der Waals surface area (Å²) in [4.78, 5) is 0. The molecule has 0 saturated heterocycles. The summed E-state index contributed by atoms with van der Waals surface area (Å²) in [6.07, 6.45) is 13.4. The van der Waals surface area contributed by atoms with E-state index in [2.05, 4.69) is 13.2 Å². The third kappa shape index (κ3) is 3.56. The quantitative estimate of drug-likeness (QED) is 0.653. The topological polar surface area (TPSA) is 83.1 Å². The monoisotopic (exact) mass is 398 g/mol. The van der Waals surface area contributed by atoms with Crippen molar-refractivity contribution >= 4 is 0 Å². The van der Waals surface area contributed by atoms with E-state index in [0.29, 0.717) is 11.5 Å². The summed E-state index contributed by atoms with van der Waals surface area (Å²) in [5, 5.41) is 0. The minimum Gasteiger partial charge on any atom is -0.458 e. The van der Waals surface area contributed by atoms with Crippen LogP contribution >= 0.6 is 0 Å². The van der Waals surface area contributed by atoms with Crippen LogP contribution in [0.5, 0.6) is 0 Å². The van der Waals surface area contributed by atoms with Crippen molar-refractivity contribution in [1.29, 1.82) is 0 Å². The van der Waals surface area contributed by atoms with Crippen molar-refractivity contribution in [1.82, 2.24) is 0 Å². The van der Waals surface area contributed by atoms with Crippen LogP contribution in [0, 0.1) is 0 Å². The maximum Gasteiger partial charge on any atom is 0.341 e.